The van der Waals surface area contributed by atoms with E-state index >= 15 is 0 Å². The molecule has 0 aliphatic heterocycles. The van der Waals surface area contributed by atoms with E-state index in [2.05, 4.69) is 10.4 Å². The highest BCUT2D eigenvalue weighted by Crippen LogP contribution is 2.22. The number of ether oxygens (including phenoxy) is 1. The number of aryl methyl sites for hydroxylation is 2. The Morgan fingerprint density at radius 2 is 1.94 bits per heavy atom. The Morgan fingerprint density at radius 1 is 1.21 bits per heavy atom. The number of aromatic nitrogens is 4. The highest BCUT2D eigenvalue weighted by Gasteiger charge is 2.20. The molecule has 4 rings (SSSR count). The molecule has 1 aliphatic rings. The van der Waals surface area contributed by atoms with Gasteiger partial charge in [0.05, 0.1) is 25.1 Å². The Morgan fingerprint density at radius 3 is 2.61 bits per heavy atom. The maximum absolute atomic E-state index is 13.6. The minimum atomic E-state index is -0.145. The predicted octanol–water partition coefficient (Wildman–Crippen LogP) is 3.52. The molecule has 8 nitrogen and oxygen atoms in total. The quantitative estimate of drug-likeness (QED) is 0.401. The average molecular weight is 470 g/mol. The van der Waals surface area contributed by atoms with Crippen molar-refractivity contribution >= 4 is 28.7 Å². The molecular formula is C24H31N5O3S. The van der Waals surface area contributed by atoms with E-state index in [1.54, 1.807) is 16.4 Å². The number of rotatable bonds is 8. The van der Waals surface area contributed by atoms with E-state index in [1.165, 1.54) is 31.0 Å². The largest absolute Gasteiger partial charge is 0.497 e. The van der Waals surface area contributed by atoms with Crippen LogP contribution in [-0.2, 0) is 17.9 Å². The van der Waals surface area contributed by atoms with Crippen LogP contribution >= 0.6 is 11.8 Å². The summed E-state index contributed by atoms with van der Waals surface area (Å²) >= 11 is 1.30. The lowest BCUT2D eigenvalue weighted by Crippen LogP contribution is -2.37. The van der Waals surface area contributed by atoms with Gasteiger partial charge in [-0.15, -0.1) is 0 Å². The van der Waals surface area contributed by atoms with Crippen molar-refractivity contribution in [1.82, 2.24) is 24.6 Å². The van der Waals surface area contributed by atoms with Gasteiger partial charge in [0.15, 0.2) is 10.7 Å². The molecule has 1 saturated carbocycles. The van der Waals surface area contributed by atoms with Crippen molar-refractivity contribution in [3.8, 4) is 5.75 Å². The maximum atomic E-state index is 13.6. The van der Waals surface area contributed by atoms with E-state index < -0.39 is 0 Å². The molecule has 3 aromatic rings. The lowest BCUT2D eigenvalue weighted by atomic mass is 9.95. The monoisotopic (exact) mass is 469 g/mol. The summed E-state index contributed by atoms with van der Waals surface area (Å²) in [5, 5.41) is 8.16. The van der Waals surface area contributed by atoms with Crippen LogP contribution in [0, 0.1) is 6.92 Å². The lowest BCUT2D eigenvalue weighted by Gasteiger charge is -2.22. The number of hydrogen-bond donors (Lipinski definition) is 1. The van der Waals surface area contributed by atoms with E-state index in [-0.39, 0.29) is 23.3 Å². The summed E-state index contributed by atoms with van der Waals surface area (Å²) in [5.74, 6) is 0.962. The van der Waals surface area contributed by atoms with E-state index in [0.717, 1.165) is 24.2 Å². The first-order chi connectivity index (χ1) is 16.0. The zero-order valence-corrected chi connectivity index (χ0v) is 20.3. The van der Waals surface area contributed by atoms with Gasteiger partial charge in [-0.05, 0) is 44.4 Å². The Bertz CT molecular complexity index is 1180. The van der Waals surface area contributed by atoms with Crippen LogP contribution in [0.5, 0.6) is 5.75 Å². The summed E-state index contributed by atoms with van der Waals surface area (Å²) < 4.78 is 8.60. The molecule has 1 N–H and O–H groups in total. The SMILES string of the molecule is CCn1nc(C)c2nc(SCC(=O)NC3CCCCC3)n(Cc3ccc(OC)cc3)c(=O)c21. The van der Waals surface area contributed by atoms with Crippen molar-refractivity contribution in [3.05, 3.63) is 45.9 Å². The van der Waals surface area contributed by atoms with Gasteiger partial charge in [-0.1, -0.05) is 43.2 Å². The normalized spacial score (nSPS) is 14.5. The van der Waals surface area contributed by atoms with Crippen LogP contribution in [-0.4, -0.2) is 44.1 Å². The molecule has 0 saturated heterocycles. The van der Waals surface area contributed by atoms with Crippen molar-refractivity contribution in [2.45, 2.75) is 70.2 Å². The van der Waals surface area contributed by atoms with Gasteiger partial charge < -0.3 is 10.1 Å². The number of thioether (sulfide) groups is 1. The third kappa shape index (κ3) is 5.24. The Labute approximate surface area is 197 Å². The summed E-state index contributed by atoms with van der Waals surface area (Å²) in [5.41, 5.74) is 2.62. The van der Waals surface area contributed by atoms with Crippen molar-refractivity contribution < 1.29 is 9.53 Å². The first kappa shape index (κ1) is 23.4. The Balaban J connectivity index is 1.63. The number of methoxy groups -OCH3 is 1. The van der Waals surface area contributed by atoms with Gasteiger partial charge in [0.1, 0.15) is 11.3 Å². The summed E-state index contributed by atoms with van der Waals surface area (Å²) in [6.07, 6.45) is 5.65. The van der Waals surface area contributed by atoms with E-state index in [4.69, 9.17) is 9.72 Å². The second kappa shape index (κ2) is 10.4. The molecule has 0 spiro atoms. The van der Waals surface area contributed by atoms with Crippen molar-refractivity contribution in [1.29, 1.82) is 0 Å². The van der Waals surface area contributed by atoms with Crippen LogP contribution in [0.15, 0.2) is 34.2 Å². The topological polar surface area (TPSA) is 91.0 Å². The Hall–Kier alpha value is -2.81. The fourth-order valence-electron chi connectivity index (χ4n) is 4.33. The van der Waals surface area contributed by atoms with Gasteiger partial charge in [0.2, 0.25) is 5.91 Å². The zero-order chi connectivity index (χ0) is 23.4. The smallest absolute Gasteiger partial charge is 0.280 e. The van der Waals surface area contributed by atoms with Gasteiger partial charge >= 0.3 is 0 Å². The van der Waals surface area contributed by atoms with Crippen LogP contribution in [0.3, 0.4) is 0 Å². The summed E-state index contributed by atoms with van der Waals surface area (Å²) in [4.78, 5) is 31.0. The van der Waals surface area contributed by atoms with E-state index in [0.29, 0.717) is 35.0 Å². The number of amides is 1. The van der Waals surface area contributed by atoms with Gasteiger partial charge in [-0.2, -0.15) is 5.10 Å². The lowest BCUT2D eigenvalue weighted by molar-refractivity contribution is -0.119. The van der Waals surface area contributed by atoms with Crippen LogP contribution < -0.4 is 15.6 Å². The van der Waals surface area contributed by atoms with Crippen LogP contribution in [0.1, 0.15) is 50.3 Å². The average Bonchev–Trinajstić information content (AvgIpc) is 3.16. The molecule has 0 unspecified atom stereocenters. The number of fused-ring (bicyclic) bond motifs is 1. The number of carbonyl (C=O) groups is 1. The van der Waals surface area contributed by atoms with Crippen LogP contribution in [0.25, 0.3) is 11.0 Å². The van der Waals surface area contributed by atoms with Crippen LogP contribution in [0.4, 0.5) is 0 Å². The first-order valence-electron chi connectivity index (χ1n) is 11.5. The molecular weight excluding hydrogens is 438 g/mol. The second-order valence-electron chi connectivity index (χ2n) is 8.42. The molecule has 1 amide bonds. The zero-order valence-electron chi connectivity index (χ0n) is 19.5. The summed E-state index contributed by atoms with van der Waals surface area (Å²) in [6.45, 7) is 4.75. The molecule has 0 radical (unpaired) electrons. The molecule has 1 aromatic carbocycles. The first-order valence-corrected chi connectivity index (χ1v) is 12.5. The number of hydrogen-bond acceptors (Lipinski definition) is 6. The number of nitrogens with one attached hydrogen (secondary N) is 1. The third-order valence-corrected chi connectivity index (χ3v) is 7.06. The molecule has 0 atom stereocenters. The van der Waals surface area contributed by atoms with Crippen molar-refractivity contribution in [2.24, 2.45) is 0 Å². The Kier molecular flexibility index (Phi) is 7.37. The predicted molar refractivity (Wildman–Crippen MR) is 130 cm³/mol. The van der Waals surface area contributed by atoms with Crippen LogP contribution in [0.2, 0.25) is 0 Å². The number of benzene rings is 1. The summed E-state index contributed by atoms with van der Waals surface area (Å²) in [6, 6.07) is 7.87. The molecule has 176 valence electrons. The highest BCUT2D eigenvalue weighted by molar-refractivity contribution is 7.99. The fraction of sp³-hybridized carbons (Fsp3) is 0.500. The molecule has 2 aromatic heterocycles. The van der Waals surface area contributed by atoms with E-state index in [1.807, 2.05) is 38.1 Å². The molecule has 9 heteroatoms. The fourth-order valence-corrected chi connectivity index (χ4v) is 5.13. The van der Waals surface area contributed by atoms with Gasteiger partial charge in [0.25, 0.3) is 5.56 Å². The van der Waals surface area contributed by atoms with Gasteiger partial charge in [0, 0.05) is 12.6 Å². The molecule has 1 aliphatic carbocycles. The van der Waals surface area contributed by atoms with Crippen molar-refractivity contribution in [3.63, 3.8) is 0 Å². The third-order valence-electron chi connectivity index (χ3n) is 6.08. The van der Waals surface area contributed by atoms with Gasteiger partial charge in [-0.25, -0.2) is 4.98 Å². The minimum Gasteiger partial charge on any atom is -0.497 e. The van der Waals surface area contributed by atoms with Crippen molar-refractivity contribution in [2.75, 3.05) is 12.9 Å². The maximum Gasteiger partial charge on any atom is 0.280 e. The molecule has 33 heavy (non-hydrogen) atoms. The highest BCUT2D eigenvalue weighted by atomic mass is 32.2. The second-order valence-corrected chi connectivity index (χ2v) is 9.37. The number of nitrogens with zero attached hydrogens (tertiary/aromatic N) is 4. The molecule has 2 heterocycles. The number of carbonyl (C=O) groups excluding carboxylic acids is 1. The van der Waals surface area contributed by atoms with E-state index in [9.17, 15) is 9.59 Å². The summed E-state index contributed by atoms with van der Waals surface area (Å²) in [7, 11) is 1.62. The standard InChI is InChI=1S/C24H31N5O3S/c1-4-29-22-21(16(2)27-29)26-24(33-15-20(30)25-18-8-6-5-7-9-18)28(23(22)31)14-17-10-12-19(32-3)13-11-17/h10-13,18H,4-9,14-15H2,1-3H3,(H,25,30). The van der Waals surface area contributed by atoms with Gasteiger partial charge in [-0.3, -0.25) is 18.8 Å². The minimum absolute atomic E-state index is 0.0155. The molecule has 1 fully saturated rings. The molecule has 0 bridgehead atoms.